The van der Waals surface area contributed by atoms with Gasteiger partial charge in [-0.25, -0.2) is 0 Å². The van der Waals surface area contributed by atoms with Gasteiger partial charge in [-0.1, -0.05) is 316 Å². The molecule has 0 spiro atoms. The van der Waals surface area contributed by atoms with Crippen LogP contribution in [-0.2, 0) is 56.4 Å². The zero-order chi connectivity index (χ0) is 92.4. The summed E-state index contributed by atoms with van der Waals surface area (Å²) in [5.41, 5.74) is 0.604. The van der Waals surface area contributed by atoms with Crippen LogP contribution in [0.4, 0.5) is 0 Å². The Balaban J connectivity index is 0.000000304. The quantitative estimate of drug-likeness (QED) is 0.0298. The second-order valence-electron chi connectivity index (χ2n) is 34.1. The molecule has 0 heterocycles. The molecule has 686 valence electrons. The highest BCUT2D eigenvalue weighted by Crippen LogP contribution is 2.64. The SMILES string of the molecule is CC.CC.CC.CC.CC.CC.CC.CC.CC.CC(C)(SOO[O-])C(=O)OC12CC3CC(C1)C(=O)C(C3)C2.CC(C)CC12CC3CC(CC(C3)C1)C2.CC(C)CC12CC3CC(CC(O)(C3)C1)C2.c1ccc([S+](c2ccccc2)c2ccccc2)cc1.c1ccc([S+](c2ccccc2)c2ccccc2)cc1.c1ccc([S+](c2ccccc2)c2ccccc2)cc1. The number of benzene rings is 9. The molecule has 12 bridgehead atoms. The lowest BCUT2D eigenvalue weighted by atomic mass is 9.46. The van der Waals surface area contributed by atoms with E-state index >= 15 is 0 Å². The molecular weight excluding hydrogens is 1610 g/mol. The minimum atomic E-state index is -1.03. The number of carbonyl (C=O) groups is 2. The molecule has 11 heteroatoms. The van der Waals surface area contributed by atoms with Gasteiger partial charge in [-0.3, -0.25) is 14.6 Å². The summed E-state index contributed by atoms with van der Waals surface area (Å²) in [5.74, 6) is 7.38. The molecule has 21 rings (SSSR count). The van der Waals surface area contributed by atoms with Crippen molar-refractivity contribution < 1.29 is 34.1 Å². The van der Waals surface area contributed by atoms with Gasteiger partial charge in [0.2, 0.25) is 0 Å². The molecule has 4 atom stereocenters. The number of hydrogen-bond acceptors (Lipinski definition) is 8. The molecule has 0 radical (unpaired) electrons. The van der Waals surface area contributed by atoms with Crippen molar-refractivity contribution in [1.29, 1.82) is 0 Å². The fourth-order valence-electron chi connectivity index (χ4n) is 21.4. The summed E-state index contributed by atoms with van der Waals surface area (Å²) >= 11 is 0.640. The first kappa shape index (κ1) is 111. The number of carbonyl (C=O) groups excluding carboxylic acids is 2. The number of Topliss-reactive ketones (excluding diaryl/α,β-unsaturated/α-hetero) is 1. The smallest absolute Gasteiger partial charge is 0.324 e. The minimum Gasteiger partial charge on any atom is -0.691 e. The predicted octanol–water partition coefficient (Wildman–Crippen LogP) is 32.5. The molecule has 9 aromatic carbocycles. The average Bonchev–Trinajstić information content (AvgIpc) is 0.944. The zero-order valence-electron chi connectivity index (χ0n) is 81.7. The predicted molar refractivity (Wildman–Crippen MR) is 539 cm³/mol. The average molecular weight is 1780 g/mol. The normalized spacial score (nSPS) is 23.6. The topological polar surface area (TPSA) is 105 Å². The first-order chi connectivity index (χ1) is 60.8. The molecule has 0 aromatic heterocycles. The van der Waals surface area contributed by atoms with Gasteiger partial charge in [0.05, 0.1) is 38.3 Å². The number of esters is 1. The summed E-state index contributed by atoms with van der Waals surface area (Å²) in [7, 11) is -0.0439. The number of hydrogen-bond donors (Lipinski definition) is 1. The van der Waals surface area contributed by atoms with Crippen LogP contribution in [0.1, 0.15) is 288 Å². The minimum absolute atomic E-state index is 0.0146. The highest BCUT2D eigenvalue weighted by atomic mass is 32.2. The number of aliphatic hydroxyl groups is 1. The van der Waals surface area contributed by atoms with E-state index in [2.05, 4.69) is 310 Å². The molecule has 12 aliphatic carbocycles. The Morgan fingerprint density at radius 2 is 0.576 bits per heavy atom. The van der Waals surface area contributed by atoms with E-state index in [1.165, 1.54) is 76.2 Å². The van der Waals surface area contributed by atoms with Gasteiger partial charge in [0.15, 0.2) is 44.1 Å². The van der Waals surface area contributed by atoms with Crippen LogP contribution in [0.25, 0.3) is 0 Å². The van der Waals surface area contributed by atoms with Crippen molar-refractivity contribution in [2.45, 2.75) is 348 Å². The number of ether oxygens (including phenoxy) is 1. The van der Waals surface area contributed by atoms with Crippen LogP contribution >= 0.6 is 12.0 Å². The Hall–Kier alpha value is -6.64. The van der Waals surface area contributed by atoms with Gasteiger partial charge in [0, 0.05) is 23.9 Å². The maximum absolute atomic E-state index is 12.4. The molecule has 0 saturated heterocycles. The lowest BCUT2D eigenvalue weighted by Crippen LogP contribution is -2.57. The van der Waals surface area contributed by atoms with E-state index in [0.29, 0.717) is 42.0 Å². The molecule has 12 aliphatic rings. The Bertz CT molecular complexity index is 3550. The van der Waals surface area contributed by atoms with E-state index in [1.54, 1.807) is 52.4 Å². The summed E-state index contributed by atoms with van der Waals surface area (Å²) in [6.45, 7) is 48.7. The Morgan fingerprint density at radius 1 is 0.352 bits per heavy atom. The van der Waals surface area contributed by atoms with Crippen molar-refractivity contribution in [3.8, 4) is 0 Å². The number of ketones is 1. The molecule has 0 aliphatic heterocycles. The maximum atomic E-state index is 12.4. The first-order valence-corrected chi connectivity index (χ1v) is 53.1. The largest absolute Gasteiger partial charge is 0.691 e. The molecule has 1 N–H and O–H groups in total. The van der Waals surface area contributed by atoms with Crippen molar-refractivity contribution in [2.75, 3.05) is 0 Å². The zero-order valence-corrected chi connectivity index (χ0v) is 85.0. The van der Waals surface area contributed by atoms with Gasteiger partial charge in [0.25, 0.3) is 0 Å². The van der Waals surface area contributed by atoms with Crippen molar-refractivity contribution in [3.05, 3.63) is 273 Å². The third-order valence-corrected chi connectivity index (χ3v) is 31.2. The van der Waals surface area contributed by atoms with E-state index in [9.17, 15) is 20.0 Å². The molecular formula is C114H166O7S4+2. The molecule has 4 unspecified atom stereocenters. The summed E-state index contributed by atoms with van der Waals surface area (Å²) in [6.07, 6.45) is 24.1. The molecule has 12 fully saturated rings. The van der Waals surface area contributed by atoms with Gasteiger partial charge >= 0.3 is 5.97 Å². The van der Waals surface area contributed by atoms with Crippen molar-refractivity contribution in [1.82, 2.24) is 0 Å². The van der Waals surface area contributed by atoms with Gasteiger partial charge in [-0.2, -0.15) is 4.33 Å². The van der Waals surface area contributed by atoms with Crippen molar-refractivity contribution in [3.63, 3.8) is 0 Å². The van der Waals surface area contributed by atoms with Crippen LogP contribution in [0.5, 0.6) is 0 Å². The third-order valence-electron chi connectivity index (χ3n) is 23.8. The van der Waals surface area contributed by atoms with Gasteiger partial charge in [-0.15, -0.1) is 0 Å². The van der Waals surface area contributed by atoms with E-state index in [1.807, 2.05) is 125 Å². The number of rotatable bonds is 18. The van der Waals surface area contributed by atoms with Gasteiger partial charge in [0.1, 0.15) is 16.1 Å². The first-order valence-electron chi connectivity index (χ1n) is 48.7. The highest BCUT2D eigenvalue weighted by Gasteiger charge is 2.59. The molecule has 12 saturated carbocycles. The van der Waals surface area contributed by atoms with Gasteiger partial charge < -0.3 is 15.1 Å². The summed E-state index contributed by atoms with van der Waals surface area (Å²) in [6, 6.07) is 96.5. The molecule has 0 amide bonds. The standard InChI is InChI=1S/3C18H15S.C14H20O6S.C14H24O.C14H24.9C2H6/c3*1-4-10-16(11-5-1)19(17-12-6-2-7-13-17)18-14-8-3-9-15-18;1-13(2,21-20-19-17)12(16)18-14-5-8-3-9(6-14)11(15)10(4-8)7-14;1-10(2)4-13-5-11-3-12(6-13)8-14(15,7-11)9-13;1-10(2)6-14-7-11-3-12(8-14)5-13(4-11)9-14;9*1-2/h3*1-15H;8-10,17H,3-7H2,1-2H3;10-12,15H,3-9H2,1-2H3;10-13H,3-9H2,1-2H3;9*1-2H3/q3*+1;;;;;;;;;;;;/p-1. The fraction of sp³-hybridized carbons (Fsp3) is 0.509. The maximum Gasteiger partial charge on any atom is 0.324 e. The fourth-order valence-corrected chi connectivity index (χ4v) is 28.0. The molecule has 9 aromatic rings. The lowest BCUT2D eigenvalue weighted by Gasteiger charge is -2.61. The van der Waals surface area contributed by atoms with Crippen LogP contribution in [0, 0.1) is 70.0 Å². The highest BCUT2D eigenvalue weighted by molar-refractivity contribution is 7.98. The van der Waals surface area contributed by atoms with Crippen LogP contribution < -0.4 is 5.26 Å². The molecule has 7 nitrogen and oxygen atoms in total. The Labute approximate surface area is 776 Å². The summed E-state index contributed by atoms with van der Waals surface area (Å²) in [5, 5.41) is 23.8. The van der Waals surface area contributed by atoms with Gasteiger partial charge in [-0.05, 0) is 303 Å². The summed E-state index contributed by atoms with van der Waals surface area (Å²) in [4.78, 5) is 36.7. The second-order valence-corrected chi connectivity index (χ2v) is 41.5. The van der Waals surface area contributed by atoms with E-state index in [4.69, 9.17) is 4.74 Å². The van der Waals surface area contributed by atoms with Crippen molar-refractivity contribution in [2.24, 2.45) is 70.0 Å². The van der Waals surface area contributed by atoms with Crippen LogP contribution in [-0.4, -0.2) is 32.8 Å². The van der Waals surface area contributed by atoms with E-state index in [-0.39, 0.29) is 50.1 Å². The Morgan fingerprint density at radius 3 is 0.808 bits per heavy atom. The molecule has 125 heavy (non-hydrogen) atoms. The monoisotopic (exact) mass is 1780 g/mol. The summed E-state index contributed by atoms with van der Waals surface area (Å²) < 4.78 is 9.04. The van der Waals surface area contributed by atoms with E-state index in [0.717, 1.165) is 85.4 Å². The van der Waals surface area contributed by atoms with Crippen LogP contribution in [0.3, 0.4) is 0 Å². The Kier molecular flexibility index (Phi) is 52.7. The third kappa shape index (κ3) is 33.7. The van der Waals surface area contributed by atoms with Crippen molar-refractivity contribution >= 4 is 56.5 Å². The van der Waals surface area contributed by atoms with E-state index < -0.39 is 16.3 Å². The second kappa shape index (κ2) is 59.5. The lowest BCUT2D eigenvalue weighted by molar-refractivity contribution is -0.777. The van der Waals surface area contributed by atoms with Crippen LogP contribution in [0.2, 0.25) is 0 Å². The van der Waals surface area contributed by atoms with Crippen LogP contribution in [0.15, 0.2) is 317 Å².